The normalized spacial score (nSPS) is 12.7. The van der Waals surface area contributed by atoms with E-state index in [-0.39, 0.29) is 10.8 Å². The highest BCUT2D eigenvalue weighted by atomic mass is 16.3. The molecule has 5 rings (SSSR count). The van der Waals surface area contributed by atoms with Crippen LogP contribution >= 0.6 is 0 Å². The number of fused-ring (bicyclic) bond motifs is 3. The molecule has 0 bridgehead atoms. The van der Waals surface area contributed by atoms with Gasteiger partial charge in [-0.05, 0) is 41.7 Å². The van der Waals surface area contributed by atoms with Gasteiger partial charge < -0.3 is 4.42 Å². The van der Waals surface area contributed by atoms with Crippen molar-refractivity contribution in [1.82, 2.24) is 9.55 Å². The van der Waals surface area contributed by atoms with Crippen LogP contribution in [0.4, 0.5) is 0 Å². The molecule has 4 nitrogen and oxygen atoms in total. The van der Waals surface area contributed by atoms with Crippen LogP contribution in [0.2, 0.25) is 0 Å². The van der Waals surface area contributed by atoms with Crippen molar-refractivity contribution in [2.24, 2.45) is 14.1 Å². The van der Waals surface area contributed by atoms with E-state index in [1.165, 1.54) is 11.1 Å². The molecule has 35 heavy (non-hydrogen) atoms. The van der Waals surface area contributed by atoms with E-state index in [2.05, 4.69) is 127 Å². The summed E-state index contributed by atoms with van der Waals surface area (Å²) >= 11 is 0. The monoisotopic (exact) mass is 466 g/mol. The zero-order chi connectivity index (χ0) is 25.3. The molecule has 3 heterocycles. The average molecular weight is 467 g/mol. The van der Waals surface area contributed by atoms with E-state index in [1.54, 1.807) is 0 Å². The van der Waals surface area contributed by atoms with Crippen LogP contribution in [0.3, 0.4) is 0 Å². The minimum Gasteiger partial charge on any atom is -0.454 e. The van der Waals surface area contributed by atoms with Gasteiger partial charge in [0.25, 0.3) is 5.82 Å². The summed E-state index contributed by atoms with van der Waals surface area (Å²) in [7, 11) is 4.16. The van der Waals surface area contributed by atoms with Gasteiger partial charge in [0.1, 0.15) is 23.5 Å². The van der Waals surface area contributed by atoms with E-state index in [0.29, 0.717) is 0 Å². The number of aryl methyl sites for hydroxylation is 3. The smallest absolute Gasteiger partial charge is 0.292 e. The first-order valence-electron chi connectivity index (χ1n) is 12.4. The molecule has 0 unspecified atom stereocenters. The van der Waals surface area contributed by atoms with Crippen LogP contribution in [0.25, 0.3) is 44.6 Å². The minimum absolute atomic E-state index is 0.0189. The van der Waals surface area contributed by atoms with Crippen molar-refractivity contribution in [1.29, 1.82) is 0 Å². The van der Waals surface area contributed by atoms with Gasteiger partial charge in [0, 0.05) is 27.4 Å². The number of imidazole rings is 1. The summed E-state index contributed by atoms with van der Waals surface area (Å²) in [6.45, 7) is 15.6. The highest BCUT2D eigenvalue weighted by Gasteiger charge is 2.26. The Morgan fingerprint density at radius 3 is 2.23 bits per heavy atom. The Morgan fingerprint density at radius 2 is 1.60 bits per heavy atom. The maximum Gasteiger partial charge on any atom is 0.292 e. The molecule has 0 saturated heterocycles. The number of para-hydroxylation sites is 1. The van der Waals surface area contributed by atoms with Crippen molar-refractivity contribution in [3.63, 3.8) is 0 Å². The maximum absolute atomic E-state index is 6.77. The average Bonchev–Trinajstić information content (AvgIpc) is 3.32. The minimum atomic E-state index is -0.0522. The SMILES string of the molecule is Cc1ccc2c(oc3c(-c4cc(C(C)(C)C)cc(C(C)(C)C)n4)cccc32)c1-c1n(C)cc[n+]1C. The Hall–Kier alpha value is -3.40. The zero-order valence-corrected chi connectivity index (χ0v) is 22.4. The molecule has 0 radical (unpaired) electrons. The predicted octanol–water partition coefficient (Wildman–Crippen LogP) is 7.38. The van der Waals surface area contributed by atoms with Gasteiger partial charge >= 0.3 is 0 Å². The summed E-state index contributed by atoms with van der Waals surface area (Å²) in [4.78, 5) is 5.16. The van der Waals surface area contributed by atoms with Crippen molar-refractivity contribution in [3.05, 3.63) is 71.7 Å². The van der Waals surface area contributed by atoms with Crippen molar-refractivity contribution >= 4 is 21.9 Å². The van der Waals surface area contributed by atoms with Crippen LogP contribution in [-0.2, 0) is 24.9 Å². The molecule has 0 saturated carbocycles. The fraction of sp³-hybridized carbons (Fsp3) is 0.355. The van der Waals surface area contributed by atoms with E-state index in [4.69, 9.17) is 9.40 Å². The lowest BCUT2D eigenvalue weighted by atomic mass is 9.82. The van der Waals surface area contributed by atoms with Crippen LogP contribution in [0.15, 0.2) is 59.3 Å². The topological polar surface area (TPSA) is 34.8 Å². The van der Waals surface area contributed by atoms with Crippen LogP contribution < -0.4 is 4.57 Å². The molecule has 180 valence electrons. The van der Waals surface area contributed by atoms with E-state index in [0.717, 1.165) is 50.3 Å². The highest BCUT2D eigenvalue weighted by Crippen LogP contribution is 2.41. The summed E-state index contributed by atoms with van der Waals surface area (Å²) in [6, 6.07) is 15.3. The third-order valence-electron chi connectivity index (χ3n) is 7.02. The molecule has 0 N–H and O–H groups in total. The number of nitrogens with zero attached hydrogens (tertiary/aromatic N) is 3. The molecule has 0 aliphatic rings. The molecule has 5 aromatic rings. The van der Waals surface area contributed by atoms with Gasteiger partial charge in [0.15, 0.2) is 5.58 Å². The molecule has 3 aromatic heterocycles. The molecule has 2 aromatic carbocycles. The molecular weight excluding hydrogens is 430 g/mol. The first-order chi connectivity index (χ1) is 16.4. The van der Waals surface area contributed by atoms with E-state index in [9.17, 15) is 0 Å². The fourth-order valence-electron chi connectivity index (χ4n) is 4.87. The molecule has 0 aliphatic carbocycles. The van der Waals surface area contributed by atoms with Crippen molar-refractivity contribution in [2.45, 2.75) is 59.3 Å². The number of pyridine rings is 1. The first-order valence-corrected chi connectivity index (χ1v) is 12.4. The van der Waals surface area contributed by atoms with Crippen LogP contribution in [0, 0.1) is 6.92 Å². The number of rotatable bonds is 2. The van der Waals surface area contributed by atoms with Gasteiger partial charge in [0.2, 0.25) is 0 Å². The summed E-state index contributed by atoms with van der Waals surface area (Å²) in [5.74, 6) is 1.12. The Labute approximate surface area is 208 Å². The van der Waals surface area contributed by atoms with Crippen LogP contribution in [0.5, 0.6) is 0 Å². The third-order valence-corrected chi connectivity index (χ3v) is 7.02. The van der Waals surface area contributed by atoms with Gasteiger partial charge in [-0.15, -0.1) is 0 Å². The lowest BCUT2D eigenvalue weighted by molar-refractivity contribution is -0.659. The van der Waals surface area contributed by atoms with Crippen LogP contribution in [0.1, 0.15) is 58.4 Å². The second-order valence-corrected chi connectivity index (χ2v) is 11.9. The lowest BCUT2D eigenvalue weighted by Gasteiger charge is -2.25. The van der Waals surface area contributed by atoms with E-state index >= 15 is 0 Å². The number of hydrogen-bond donors (Lipinski definition) is 0. The number of hydrogen-bond acceptors (Lipinski definition) is 2. The third kappa shape index (κ3) is 3.85. The van der Waals surface area contributed by atoms with Gasteiger partial charge in [-0.3, -0.25) is 4.98 Å². The first kappa shape index (κ1) is 23.3. The standard InChI is InChI=1S/C31H36N3O/c1-19-13-14-22-21-11-10-12-23(24-17-20(30(2,3)4)18-25(32-24)31(5,6)7)27(21)35-28(22)26(19)29-33(8)15-16-34(29)9/h10-18H,1-9H3/q+1. The maximum atomic E-state index is 6.77. The van der Waals surface area contributed by atoms with Gasteiger partial charge in [-0.2, -0.15) is 0 Å². The zero-order valence-electron chi connectivity index (χ0n) is 22.4. The molecular formula is C31H36N3O+. The Morgan fingerprint density at radius 1 is 0.886 bits per heavy atom. The molecule has 0 spiro atoms. The summed E-state index contributed by atoms with van der Waals surface area (Å²) in [5, 5.41) is 2.25. The number of furan rings is 1. The van der Waals surface area contributed by atoms with Gasteiger partial charge in [-0.25, -0.2) is 9.13 Å². The van der Waals surface area contributed by atoms with Crippen LogP contribution in [-0.4, -0.2) is 9.55 Å². The molecule has 0 amide bonds. The molecule has 0 fully saturated rings. The Balaban J connectivity index is 1.84. The van der Waals surface area contributed by atoms with Crippen molar-refractivity contribution in [2.75, 3.05) is 0 Å². The second-order valence-electron chi connectivity index (χ2n) is 11.9. The van der Waals surface area contributed by atoms with Gasteiger partial charge in [0.05, 0.1) is 19.8 Å². The summed E-state index contributed by atoms with van der Waals surface area (Å²) in [5.41, 5.74) is 8.49. The predicted molar refractivity (Wildman–Crippen MR) is 145 cm³/mol. The molecule has 0 aliphatic heterocycles. The summed E-state index contributed by atoms with van der Waals surface area (Å²) < 4.78 is 11.1. The van der Waals surface area contributed by atoms with Gasteiger partial charge in [-0.1, -0.05) is 65.8 Å². The molecule has 0 atom stereocenters. The fourth-order valence-corrected chi connectivity index (χ4v) is 4.87. The highest BCUT2D eigenvalue weighted by molar-refractivity contribution is 6.12. The Kier molecular flexibility index (Phi) is 5.21. The largest absolute Gasteiger partial charge is 0.454 e. The van der Waals surface area contributed by atoms with Crippen molar-refractivity contribution in [3.8, 4) is 22.6 Å². The van der Waals surface area contributed by atoms with E-state index < -0.39 is 0 Å². The van der Waals surface area contributed by atoms with E-state index in [1.807, 2.05) is 0 Å². The lowest BCUT2D eigenvalue weighted by Crippen LogP contribution is -2.29. The van der Waals surface area contributed by atoms with Crippen molar-refractivity contribution < 1.29 is 8.98 Å². The Bertz CT molecular complexity index is 1530. The second kappa shape index (κ2) is 7.81. The quantitative estimate of drug-likeness (QED) is 0.254. The summed E-state index contributed by atoms with van der Waals surface area (Å²) in [6.07, 6.45) is 4.16. The molecule has 4 heteroatoms. The number of aromatic nitrogens is 3. The number of benzene rings is 2.